The Morgan fingerprint density at radius 1 is 1.35 bits per heavy atom. The van der Waals surface area contributed by atoms with Crippen molar-refractivity contribution >= 4 is 39.1 Å². The van der Waals surface area contributed by atoms with Gasteiger partial charge in [-0.05, 0) is 58.8 Å². The van der Waals surface area contributed by atoms with Crippen LogP contribution in [0.2, 0.25) is 0 Å². The summed E-state index contributed by atoms with van der Waals surface area (Å²) in [5.74, 6) is 1.18. The van der Waals surface area contributed by atoms with Crippen LogP contribution in [0.5, 0.6) is 0 Å². The van der Waals surface area contributed by atoms with E-state index in [1.807, 2.05) is 17.8 Å². The summed E-state index contributed by atoms with van der Waals surface area (Å²) in [6.45, 7) is 0. The summed E-state index contributed by atoms with van der Waals surface area (Å²) in [6, 6.07) is 5.52. The van der Waals surface area contributed by atoms with Crippen molar-refractivity contribution in [1.29, 1.82) is 0 Å². The van der Waals surface area contributed by atoms with Crippen molar-refractivity contribution in [2.24, 2.45) is 4.99 Å². The van der Waals surface area contributed by atoms with Crippen molar-refractivity contribution < 1.29 is 4.92 Å². The first kappa shape index (κ1) is 15.1. The average molecular weight is 391 g/mol. The van der Waals surface area contributed by atoms with Gasteiger partial charge in [0.05, 0.1) is 15.1 Å². The van der Waals surface area contributed by atoms with E-state index in [1.54, 1.807) is 12.1 Å². The lowest BCUT2D eigenvalue weighted by Crippen LogP contribution is -2.20. The Morgan fingerprint density at radius 3 is 3.04 bits per heavy atom. The van der Waals surface area contributed by atoms with Gasteiger partial charge in [0.15, 0.2) is 0 Å². The van der Waals surface area contributed by atoms with E-state index >= 15 is 0 Å². The second-order valence-corrected chi connectivity index (χ2v) is 7.91. The molecule has 1 atom stereocenters. The Labute approximate surface area is 147 Å². The maximum absolute atomic E-state index is 11.3. The number of thioether (sulfide) groups is 1. The van der Waals surface area contributed by atoms with Gasteiger partial charge in [-0.3, -0.25) is 15.1 Å². The Bertz CT molecular complexity index is 798. The second-order valence-electron chi connectivity index (χ2n) is 5.92. The Balaban J connectivity index is 1.86. The largest absolute Gasteiger partial charge is 0.283 e. The number of hydrogen-bond acceptors (Lipinski definition) is 4. The molecule has 0 saturated carbocycles. The fraction of sp³-hybridized carbons (Fsp3) is 0.353. The van der Waals surface area contributed by atoms with E-state index in [1.165, 1.54) is 21.9 Å². The highest BCUT2D eigenvalue weighted by molar-refractivity contribution is 9.10. The highest BCUT2D eigenvalue weighted by Gasteiger charge is 2.35. The molecule has 0 aromatic heterocycles. The van der Waals surface area contributed by atoms with Crippen LogP contribution in [0.4, 0.5) is 5.69 Å². The monoisotopic (exact) mass is 390 g/mol. The number of allylic oxidation sites excluding steroid dienone is 4. The summed E-state index contributed by atoms with van der Waals surface area (Å²) >= 11 is 5.14. The fourth-order valence-corrected chi connectivity index (χ4v) is 5.15. The molecule has 118 valence electrons. The molecule has 0 amide bonds. The topological polar surface area (TPSA) is 55.5 Å². The zero-order chi connectivity index (χ0) is 16.0. The minimum absolute atomic E-state index is 0.122. The number of halogens is 1. The van der Waals surface area contributed by atoms with Crippen LogP contribution in [0, 0.1) is 10.1 Å². The van der Waals surface area contributed by atoms with E-state index in [4.69, 9.17) is 4.99 Å². The predicted octanol–water partition coefficient (Wildman–Crippen LogP) is 5.35. The molecule has 2 heterocycles. The van der Waals surface area contributed by atoms with Gasteiger partial charge in [-0.2, -0.15) is 0 Å². The summed E-state index contributed by atoms with van der Waals surface area (Å²) in [6.07, 6.45) is 6.51. The van der Waals surface area contributed by atoms with Crippen LogP contribution >= 0.6 is 27.7 Å². The Kier molecular flexibility index (Phi) is 3.89. The number of rotatable bonds is 2. The first-order valence-corrected chi connectivity index (χ1v) is 9.50. The SMILES string of the molecule is O=[N+]([O-])c1cc(C2C3=CCCCC3=NC3=C2SCC3)ccc1Br. The van der Waals surface area contributed by atoms with E-state index < -0.39 is 0 Å². The molecule has 1 aliphatic carbocycles. The third-order valence-electron chi connectivity index (χ3n) is 4.54. The molecule has 0 spiro atoms. The molecule has 0 radical (unpaired) electrons. The van der Waals surface area contributed by atoms with E-state index in [-0.39, 0.29) is 16.5 Å². The zero-order valence-electron chi connectivity index (χ0n) is 12.4. The van der Waals surface area contributed by atoms with Gasteiger partial charge >= 0.3 is 0 Å². The van der Waals surface area contributed by atoms with E-state index in [2.05, 4.69) is 22.0 Å². The smallest absolute Gasteiger partial charge is 0.258 e. The van der Waals surface area contributed by atoms with Gasteiger partial charge in [-0.25, -0.2) is 0 Å². The second kappa shape index (κ2) is 5.91. The van der Waals surface area contributed by atoms with Crippen molar-refractivity contribution in [3.63, 3.8) is 0 Å². The molecule has 23 heavy (non-hydrogen) atoms. The van der Waals surface area contributed by atoms with E-state index in [0.717, 1.165) is 37.0 Å². The van der Waals surface area contributed by atoms with Crippen LogP contribution in [-0.4, -0.2) is 16.4 Å². The molecule has 0 N–H and O–H groups in total. The number of aliphatic imine (C=N–C) groups is 1. The number of benzene rings is 1. The first-order chi connectivity index (χ1) is 11.1. The lowest BCUT2D eigenvalue weighted by Gasteiger charge is -2.30. The lowest BCUT2D eigenvalue weighted by atomic mass is 9.80. The Morgan fingerprint density at radius 2 is 2.22 bits per heavy atom. The maximum Gasteiger partial charge on any atom is 0.283 e. The van der Waals surface area contributed by atoms with Crippen LogP contribution < -0.4 is 0 Å². The van der Waals surface area contributed by atoms with Gasteiger partial charge in [0, 0.05) is 28.4 Å². The number of fused-ring (bicyclic) bond motifs is 1. The van der Waals surface area contributed by atoms with Crippen LogP contribution in [0.25, 0.3) is 0 Å². The molecule has 6 heteroatoms. The van der Waals surface area contributed by atoms with Crippen LogP contribution in [0.15, 0.2) is 49.9 Å². The summed E-state index contributed by atoms with van der Waals surface area (Å²) in [4.78, 5) is 17.1. The van der Waals surface area contributed by atoms with Gasteiger partial charge in [0.2, 0.25) is 0 Å². The maximum atomic E-state index is 11.3. The van der Waals surface area contributed by atoms with Gasteiger partial charge < -0.3 is 0 Å². The van der Waals surface area contributed by atoms with Crippen molar-refractivity contribution in [2.45, 2.75) is 31.6 Å². The molecule has 1 aromatic carbocycles. The van der Waals surface area contributed by atoms with Crippen LogP contribution in [-0.2, 0) is 0 Å². The highest BCUT2D eigenvalue weighted by atomic mass is 79.9. The number of nitro groups is 1. The molecule has 4 nitrogen and oxygen atoms in total. The van der Waals surface area contributed by atoms with Crippen LogP contribution in [0.3, 0.4) is 0 Å². The first-order valence-electron chi connectivity index (χ1n) is 7.73. The minimum Gasteiger partial charge on any atom is -0.258 e. The average Bonchev–Trinajstić information content (AvgIpc) is 3.01. The normalized spacial score (nSPS) is 23.1. The lowest BCUT2D eigenvalue weighted by molar-refractivity contribution is -0.385. The third-order valence-corrected chi connectivity index (χ3v) is 6.40. The van der Waals surface area contributed by atoms with Crippen molar-refractivity contribution in [1.82, 2.24) is 0 Å². The molecule has 3 aliphatic rings. The number of nitro benzene ring substituents is 1. The standard InChI is InChI=1S/C17H15BrN2O2S/c18-12-6-5-10(9-15(12)20(21)22)16-11-3-1-2-4-13(11)19-14-7-8-23-17(14)16/h3,5-6,9,16H,1-2,4,7-8H2. The minimum atomic E-state index is -0.322. The van der Waals surface area contributed by atoms with Gasteiger partial charge in [0.25, 0.3) is 5.69 Å². The van der Waals surface area contributed by atoms with Crippen molar-refractivity contribution in [3.8, 4) is 0 Å². The van der Waals surface area contributed by atoms with E-state index in [9.17, 15) is 10.1 Å². The molecule has 0 bridgehead atoms. The predicted molar refractivity (Wildman–Crippen MR) is 97.0 cm³/mol. The van der Waals surface area contributed by atoms with Gasteiger partial charge in [-0.15, -0.1) is 11.8 Å². The summed E-state index contributed by atoms with van der Waals surface area (Å²) in [5, 5.41) is 11.3. The zero-order valence-corrected chi connectivity index (χ0v) is 14.8. The van der Waals surface area contributed by atoms with Crippen LogP contribution in [0.1, 0.15) is 37.2 Å². The molecule has 2 aliphatic heterocycles. The molecule has 4 rings (SSSR count). The fourth-order valence-electron chi connectivity index (χ4n) is 3.50. The molecular weight excluding hydrogens is 376 g/mol. The summed E-state index contributed by atoms with van der Waals surface area (Å²) in [7, 11) is 0. The molecule has 1 aromatic rings. The molecule has 1 unspecified atom stereocenters. The van der Waals surface area contributed by atoms with Crippen molar-refractivity contribution in [2.75, 3.05) is 5.75 Å². The van der Waals surface area contributed by atoms with Gasteiger partial charge in [-0.1, -0.05) is 12.1 Å². The number of nitrogens with zero attached hydrogens (tertiary/aromatic N) is 2. The van der Waals surface area contributed by atoms with E-state index in [0.29, 0.717) is 4.47 Å². The number of hydrogen-bond donors (Lipinski definition) is 0. The highest BCUT2D eigenvalue weighted by Crippen LogP contribution is 2.50. The molecule has 0 fully saturated rings. The summed E-state index contributed by atoms with van der Waals surface area (Å²) < 4.78 is 0.529. The molecular formula is C17H15BrN2O2S. The molecule has 0 saturated heterocycles. The van der Waals surface area contributed by atoms with Gasteiger partial charge in [0.1, 0.15) is 0 Å². The third kappa shape index (κ3) is 2.58. The van der Waals surface area contributed by atoms with Crippen molar-refractivity contribution in [3.05, 3.63) is 60.6 Å². The quantitative estimate of drug-likeness (QED) is 0.504. The Hall–Kier alpha value is -1.40. The summed E-state index contributed by atoms with van der Waals surface area (Å²) in [5.41, 5.74) is 4.78.